The van der Waals surface area contributed by atoms with Gasteiger partial charge in [0.15, 0.2) is 0 Å². The molecule has 0 unspecified atom stereocenters. The molecule has 8 heteroatoms. The molecular formula is C15H13ClFNO4S. The van der Waals surface area contributed by atoms with Crippen LogP contribution in [0.3, 0.4) is 0 Å². The zero-order valence-electron chi connectivity index (χ0n) is 12.1. The number of anilines is 1. The smallest absolute Gasteiger partial charge is 0.264 e. The van der Waals surface area contributed by atoms with Crippen LogP contribution >= 0.6 is 11.6 Å². The van der Waals surface area contributed by atoms with Crippen LogP contribution in [0.1, 0.15) is 0 Å². The van der Waals surface area contributed by atoms with Crippen molar-refractivity contribution < 1.29 is 22.3 Å². The minimum Gasteiger partial charge on any atom is -0.497 e. The number of nitrogens with zero attached hydrogens (tertiary/aromatic N) is 1. The third kappa shape index (κ3) is 4.00. The zero-order chi connectivity index (χ0) is 17.0. The lowest BCUT2D eigenvalue weighted by Gasteiger charge is -2.23. The number of hydrogen-bond acceptors (Lipinski definition) is 4. The molecule has 5 nitrogen and oxygen atoms in total. The molecule has 0 fully saturated rings. The highest BCUT2D eigenvalue weighted by molar-refractivity contribution is 7.92. The van der Waals surface area contributed by atoms with Crippen molar-refractivity contribution in [2.45, 2.75) is 4.90 Å². The van der Waals surface area contributed by atoms with Gasteiger partial charge in [0.05, 0.1) is 17.7 Å². The fourth-order valence-corrected chi connectivity index (χ4v) is 3.53. The van der Waals surface area contributed by atoms with E-state index in [0.29, 0.717) is 5.75 Å². The molecule has 0 heterocycles. The van der Waals surface area contributed by atoms with Crippen LogP contribution in [0.4, 0.5) is 10.1 Å². The Balaban J connectivity index is 2.52. The highest BCUT2D eigenvalue weighted by Gasteiger charge is 2.27. The molecule has 0 aliphatic heterocycles. The average molecular weight is 358 g/mol. The van der Waals surface area contributed by atoms with E-state index in [1.807, 2.05) is 0 Å². The molecule has 0 aliphatic carbocycles. The second kappa shape index (κ2) is 6.97. The maximum Gasteiger partial charge on any atom is 0.264 e. The highest BCUT2D eigenvalue weighted by Crippen LogP contribution is 2.27. The first-order valence-corrected chi connectivity index (χ1v) is 8.27. The van der Waals surface area contributed by atoms with Crippen LogP contribution in [0.2, 0.25) is 0 Å². The van der Waals surface area contributed by atoms with E-state index in [2.05, 4.69) is 0 Å². The maximum absolute atomic E-state index is 13.0. The maximum atomic E-state index is 13.0. The lowest BCUT2D eigenvalue weighted by Crippen LogP contribution is -2.34. The molecule has 0 bridgehead atoms. The summed E-state index contributed by atoms with van der Waals surface area (Å²) >= 11 is 5.38. The topological polar surface area (TPSA) is 63.7 Å². The standard InChI is InChI=1S/C15H13ClFNO4S/c1-22-13-4-2-3-12(9-13)18(10-15(16)19)23(20,21)14-7-5-11(17)6-8-14/h2-9H,10H2,1H3. The number of carbonyl (C=O) groups is 1. The normalized spacial score (nSPS) is 11.1. The summed E-state index contributed by atoms with van der Waals surface area (Å²) in [6.07, 6.45) is 0. The number of hydrogen-bond donors (Lipinski definition) is 0. The van der Waals surface area contributed by atoms with E-state index in [0.717, 1.165) is 28.6 Å². The van der Waals surface area contributed by atoms with Crippen LogP contribution in [0, 0.1) is 5.82 Å². The SMILES string of the molecule is COc1cccc(N(CC(=O)Cl)S(=O)(=O)c2ccc(F)cc2)c1. The lowest BCUT2D eigenvalue weighted by atomic mass is 10.3. The molecule has 23 heavy (non-hydrogen) atoms. The lowest BCUT2D eigenvalue weighted by molar-refractivity contribution is -0.110. The van der Waals surface area contributed by atoms with E-state index in [4.69, 9.17) is 16.3 Å². The predicted octanol–water partition coefficient (Wildman–Crippen LogP) is 2.80. The number of benzene rings is 2. The number of methoxy groups -OCH3 is 1. The van der Waals surface area contributed by atoms with Gasteiger partial charge in [-0.3, -0.25) is 9.10 Å². The summed E-state index contributed by atoms with van der Waals surface area (Å²) in [7, 11) is -2.65. The van der Waals surface area contributed by atoms with Crippen LogP contribution in [0.5, 0.6) is 5.75 Å². The van der Waals surface area contributed by atoms with E-state index in [-0.39, 0.29) is 10.6 Å². The summed E-state index contributed by atoms with van der Waals surface area (Å²) < 4.78 is 44.4. The van der Waals surface area contributed by atoms with Crippen molar-refractivity contribution in [1.82, 2.24) is 0 Å². The van der Waals surface area contributed by atoms with Gasteiger partial charge in [0, 0.05) is 6.07 Å². The van der Waals surface area contributed by atoms with Gasteiger partial charge in [0.1, 0.15) is 18.1 Å². The number of carbonyl (C=O) groups excluding carboxylic acids is 1. The Labute approximate surface area is 138 Å². The van der Waals surface area contributed by atoms with Crippen molar-refractivity contribution in [3.8, 4) is 5.75 Å². The van der Waals surface area contributed by atoms with Gasteiger partial charge < -0.3 is 4.74 Å². The van der Waals surface area contributed by atoms with Gasteiger partial charge in [0.2, 0.25) is 5.24 Å². The molecule has 122 valence electrons. The van der Waals surface area contributed by atoms with Gasteiger partial charge in [-0.25, -0.2) is 12.8 Å². The minimum absolute atomic E-state index is 0.153. The molecular weight excluding hydrogens is 345 g/mol. The largest absolute Gasteiger partial charge is 0.497 e. The van der Waals surface area contributed by atoms with E-state index < -0.39 is 27.6 Å². The summed E-state index contributed by atoms with van der Waals surface area (Å²) in [5, 5.41) is -0.849. The Kier molecular flexibility index (Phi) is 5.23. The predicted molar refractivity (Wildman–Crippen MR) is 84.8 cm³/mol. The van der Waals surface area contributed by atoms with Gasteiger partial charge in [-0.15, -0.1) is 0 Å². The van der Waals surface area contributed by atoms with Gasteiger partial charge in [-0.05, 0) is 48.0 Å². The number of sulfonamides is 1. The molecule has 2 rings (SSSR count). The Bertz CT molecular complexity index is 808. The average Bonchev–Trinajstić information content (AvgIpc) is 2.52. The first-order valence-electron chi connectivity index (χ1n) is 6.45. The molecule has 0 amide bonds. The molecule has 0 aromatic heterocycles. The quantitative estimate of drug-likeness (QED) is 0.746. The summed E-state index contributed by atoms with van der Waals surface area (Å²) in [6.45, 7) is -0.561. The van der Waals surface area contributed by atoms with E-state index in [9.17, 15) is 17.6 Å². The van der Waals surface area contributed by atoms with Crippen LogP contribution in [0.15, 0.2) is 53.4 Å². The molecule has 0 N–H and O–H groups in total. The van der Waals surface area contributed by atoms with Crippen molar-refractivity contribution in [1.29, 1.82) is 0 Å². The van der Waals surface area contributed by atoms with Gasteiger partial charge >= 0.3 is 0 Å². The van der Waals surface area contributed by atoms with Crippen LogP contribution in [-0.2, 0) is 14.8 Å². The van der Waals surface area contributed by atoms with Crippen LogP contribution < -0.4 is 9.04 Å². The third-order valence-electron chi connectivity index (χ3n) is 3.01. The van der Waals surface area contributed by atoms with E-state index in [1.165, 1.54) is 19.2 Å². The van der Waals surface area contributed by atoms with Crippen LogP contribution in [0.25, 0.3) is 0 Å². The number of ether oxygens (including phenoxy) is 1. The second-order valence-corrected chi connectivity index (χ2v) is 6.81. The third-order valence-corrected chi connectivity index (χ3v) is 4.92. The van der Waals surface area contributed by atoms with E-state index in [1.54, 1.807) is 12.1 Å². The fourth-order valence-electron chi connectivity index (χ4n) is 1.93. The van der Waals surface area contributed by atoms with Crippen molar-refractivity contribution in [2.24, 2.45) is 0 Å². The molecule has 2 aromatic carbocycles. The Morgan fingerprint density at radius 2 is 1.87 bits per heavy atom. The van der Waals surface area contributed by atoms with Crippen molar-refractivity contribution in [3.05, 3.63) is 54.3 Å². The highest BCUT2D eigenvalue weighted by atomic mass is 35.5. The summed E-state index contributed by atoms with van der Waals surface area (Å²) in [4.78, 5) is 11.1. The Morgan fingerprint density at radius 3 is 2.43 bits per heavy atom. The first kappa shape index (κ1) is 17.2. The molecule has 0 radical (unpaired) electrons. The molecule has 0 atom stereocenters. The summed E-state index contributed by atoms with van der Waals surface area (Å²) in [5.74, 6) is -0.144. The Hall–Kier alpha value is -2.12. The summed E-state index contributed by atoms with van der Waals surface area (Å²) in [5.41, 5.74) is 0.211. The van der Waals surface area contributed by atoms with Crippen molar-refractivity contribution in [2.75, 3.05) is 18.0 Å². The molecule has 2 aromatic rings. The van der Waals surface area contributed by atoms with E-state index >= 15 is 0 Å². The van der Waals surface area contributed by atoms with Crippen molar-refractivity contribution >= 4 is 32.6 Å². The molecule has 0 spiro atoms. The molecule has 0 saturated heterocycles. The first-order chi connectivity index (χ1) is 10.8. The molecule has 0 aliphatic rings. The van der Waals surface area contributed by atoms with Gasteiger partial charge in [-0.2, -0.15) is 0 Å². The monoisotopic (exact) mass is 357 g/mol. The zero-order valence-corrected chi connectivity index (χ0v) is 13.6. The van der Waals surface area contributed by atoms with Crippen molar-refractivity contribution in [3.63, 3.8) is 0 Å². The Morgan fingerprint density at radius 1 is 1.22 bits per heavy atom. The minimum atomic E-state index is -4.09. The van der Waals surface area contributed by atoms with Gasteiger partial charge in [-0.1, -0.05) is 6.07 Å². The molecule has 0 saturated carbocycles. The second-order valence-electron chi connectivity index (χ2n) is 4.52. The number of halogens is 2. The summed E-state index contributed by atoms with van der Waals surface area (Å²) in [6, 6.07) is 10.5. The number of rotatable bonds is 6. The van der Waals surface area contributed by atoms with Gasteiger partial charge in [0.25, 0.3) is 10.0 Å². The fraction of sp³-hybridized carbons (Fsp3) is 0.133. The van der Waals surface area contributed by atoms with Crippen LogP contribution in [-0.4, -0.2) is 27.3 Å².